The van der Waals surface area contributed by atoms with Gasteiger partial charge in [-0.25, -0.2) is 4.68 Å². The van der Waals surface area contributed by atoms with Crippen molar-refractivity contribution < 1.29 is 14.2 Å². The highest BCUT2D eigenvalue weighted by molar-refractivity contribution is 5.79. The zero-order valence-electron chi connectivity index (χ0n) is 13.1. The van der Waals surface area contributed by atoms with Crippen LogP contribution < -0.4 is 19.9 Å². The summed E-state index contributed by atoms with van der Waals surface area (Å²) in [4.78, 5) is 0. The van der Waals surface area contributed by atoms with Gasteiger partial charge in [0.05, 0.1) is 17.8 Å². The fraction of sp³-hybridized carbons (Fsp3) is 0.294. The number of para-hydroxylation sites is 2. The lowest BCUT2D eigenvalue weighted by Crippen LogP contribution is -2.15. The molecule has 0 saturated heterocycles. The van der Waals surface area contributed by atoms with Gasteiger partial charge in [0, 0.05) is 25.1 Å². The molecule has 0 bridgehead atoms. The summed E-state index contributed by atoms with van der Waals surface area (Å²) in [6.07, 6.45) is 0.793. The van der Waals surface area contributed by atoms with Crippen LogP contribution in [0.2, 0.25) is 0 Å². The van der Waals surface area contributed by atoms with Crippen molar-refractivity contribution in [1.82, 2.24) is 15.0 Å². The summed E-state index contributed by atoms with van der Waals surface area (Å²) >= 11 is 0. The summed E-state index contributed by atoms with van der Waals surface area (Å²) in [5, 5.41) is 8.40. The first-order valence-corrected chi connectivity index (χ1v) is 7.91. The molecule has 0 unspecified atom stereocenters. The van der Waals surface area contributed by atoms with E-state index in [2.05, 4.69) is 10.3 Å². The van der Waals surface area contributed by atoms with E-state index in [9.17, 15) is 0 Å². The number of hydrogen-bond donors (Lipinski definition) is 1. The normalized spacial score (nSPS) is 13.2. The molecule has 2 aromatic carbocycles. The van der Waals surface area contributed by atoms with E-state index in [1.807, 2.05) is 41.1 Å². The molecule has 1 aliphatic rings. The quantitative estimate of drug-likeness (QED) is 0.572. The number of anilines is 1. The highest BCUT2D eigenvalue weighted by atomic mass is 16.6. The summed E-state index contributed by atoms with van der Waals surface area (Å²) in [6, 6.07) is 11.3. The molecule has 0 radical (unpaired) electrons. The van der Waals surface area contributed by atoms with Crippen molar-refractivity contribution in [3.8, 4) is 17.2 Å². The topological polar surface area (TPSA) is 84.4 Å². The second kappa shape index (κ2) is 6.27. The lowest BCUT2D eigenvalue weighted by atomic mass is 10.2. The standard InChI is InChI=1S/C17H18N4O3/c18-12-4-1-2-5-15(12)22-7-3-6-21-14-11-17-16(23-8-9-24-17)10-13(14)19-20-21/h1-2,4-5,10-11H,3,6-9,18H2. The number of fused-ring (bicyclic) bond motifs is 2. The van der Waals surface area contributed by atoms with Crippen LogP contribution in [0.4, 0.5) is 5.69 Å². The van der Waals surface area contributed by atoms with Crippen LogP contribution in [0, 0.1) is 0 Å². The first-order valence-electron chi connectivity index (χ1n) is 7.91. The molecule has 0 atom stereocenters. The molecular formula is C17H18N4O3. The van der Waals surface area contributed by atoms with Crippen molar-refractivity contribution >= 4 is 16.7 Å². The van der Waals surface area contributed by atoms with Crippen molar-refractivity contribution in [3.63, 3.8) is 0 Å². The van der Waals surface area contributed by atoms with Gasteiger partial charge in [0.2, 0.25) is 0 Å². The lowest BCUT2D eigenvalue weighted by molar-refractivity contribution is 0.172. The van der Waals surface area contributed by atoms with Crippen molar-refractivity contribution in [1.29, 1.82) is 0 Å². The second-order valence-electron chi connectivity index (χ2n) is 5.54. The van der Waals surface area contributed by atoms with E-state index in [-0.39, 0.29) is 0 Å². The van der Waals surface area contributed by atoms with Crippen LogP contribution in [0.5, 0.6) is 17.2 Å². The number of rotatable bonds is 5. The van der Waals surface area contributed by atoms with Gasteiger partial charge < -0.3 is 19.9 Å². The summed E-state index contributed by atoms with van der Waals surface area (Å²) in [5.41, 5.74) is 8.23. The SMILES string of the molecule is Nc1ccccc1OCCCn1nnc2cc3c(cc21)OCCO3. The van der Waals surface area contributed by atoms with E-state index in [1.54, 1.807) is 0 Å². The molecule has 7 nitrogen and oxygen atoms in total. The summed E-state index contributed by atoms with van der Waals surface area (Å²) in [6.45, 7) is 2.38. The predicted octanol–water partition coefficient (Wildman–Crippen LogP) is 2.25. The molecule has 2 N–H and O–H groups in total. The van der Waals surface area contributed by atoms with Crippen LogP contribution in [-0.2, 0) is 6.54 Å². The fourth-order valence-electron chi connectivity index (χ4n) is 2.68. The number of benzene rings is 2. The highest BCUT2D eigenvalue weighted by Crippen LogP contribution is 2.33. The van der Waals surface area contributed by atoms with Crippen molar-refractivity contribution in [2.75, 3.05) is 25.6 Å². The first-order chi connectivity index (χ1) is 11.8. The zero-order valence-corrected chi connectivity index (χ0v) is 13.1. The van der Waals surface area contributed by atoms with E-state index in [4.69, 9.17) is 19.9 Å². The molecule has 1 aliphatic heterocycles. The lowest BCUT2D eigenvalue weighted by Gasteiger charge is -2.18. The minimum Gasteiger partial charge on any atom is -0.491 e. The summed E-state index contributed by atoms with van der Waals surface area (Å²) in [5.74, 6) is 2.18. The Morgan fingerprint density at radius 1 is 1.12 bits per heavy atom. The van der Waals surface area contributed by atoms with E-state index in [0.717, 1.165) is 29.0 Å². The van der Waals surface area contributed by atoms with Crippen molar-refractivity contribution in [2.24, 2.45) is 0 Å². The smallest absolute Gasteiger partial charge is 0.163 e. The van der Waals surface area contributed by atoms with Crippen LogP contribution in [0.15, 0.2) is 36.4 Å². The van der Waals surface area contributed by atoms with E-state index >= 15 is 0 Å². The molecule has 0 fully saturated rings. The molecule has 4 rings (SSSR count). The molecule has 0 spiro atoms. The van der Waals surface area contributed by atoms with E-state index in [1.165, 1.54) is 0 Å². The zero-order chi connectivity index (χ0) is 16.4. The largest absolute Gasteiger partial charge is 0.491 e. The Morgan fingerprint density at radius 3 is 2.75 bits per heavy atom. The average molecular weight is 326 g/mol. The number of aromatic nitrogens is 3. The van der Waals surface area contributed by atoms with Gasteiger partial charge in [-0.1, -0.05) is 17.3 Å². The predicted molar refractivity (Wildman–Crippen MR) is 89.5 cm³/mol. The summed E-state index contributed by atoms with van der Waals surface area (Å²) < 4.78 is 18.7. The Balaban J connectivity index is 1.42. The molecule has 24 heavy (non-hydrogen) atoms. The molecule has 3 aromatic rings. The third-order valence-corrected chi connectivity index (χ3v) is 3.87. The molecular weight excluding hydrogens is 308 g/mol. The van der Waals surface area contributed by atoms with Gasteiger partial charge in [-0.3, -0.25) is 0 Å². The molecule has 0 aliphatic carbocycles. The van der Waals surface area contributed by atoms with Crippen LogP contribution in [0.3, 0.4) is 0 Å². The van der Waals surface area contributed by atoms with E-state index in [0.29, 0.717) is 37.8 Å². The molecule has 124 valence electrons. The van der Waals surface area contributed by atoms with Gasteiger partial charge in [-0.15, -0.1) is 5.10 Å². The Labute approximate surface area is 138 Å². The number of aryl methyl sites for hydroxylation is 1. The maximum absolute atomic E-state index is 5.86. The fourth-order valence-corrected chi connectivity index (χ4v) is 2.68. The second-order valence-corrected chi connectivity index (χ2v) is 5.54. The average Bonchev–Trinajstić information content (AvgIpc) is 3.00. The van der Waals surface area contributed by atoms with Crippen molar-refractivity contribution in [3.05, 3.63) is 36.4 Å². The number of hydrogen-bond acceptors (Lipinski definition) is 6. The minimum absolute atomic E-state index is 0.556. The number of nitrogen functional groups attached to an aromatic ring is 1. The maximum atomic E-state index is 5.86. The Morgan fingerprint density at radius 2 is 1.92 bits per heavy atom. The maximum Gasteiger partial charge on any atom is 0.163 e. The van der Waals surface area contributed by atoms with Gasteiger partial charge in [-0.2, -0.15) is 0 Å². The third-order valence-electron chi connectivity index (χ3n) is 3.87. The van der Waals surface area contributed by atoms with Crippen LogP contribution in [0.1, 0.15) is 6.42 Å². The molecule has 2 heterocycles. The molecule has 0 amide bonds. The van der Waals surface area contributed by atoms with Crippen LogP contribution in [0.25, 0.3) is 11.0 Å². The molecule has 7 heteroatoms. The van der Waals surface area contributed by atoms with Gasteiger partial charge in [0.15, 0.2) is 11.5 Å². The first kappa shape index (κ1) is 14.6. The van der Waals surface area contributed by atoms with E-state index < -0.39 is 0 Å². The summed E-state index contributed by atoms with van der Waals surface area (Å²) in [7, 11) is 0. The third kappa shape index (κ3) is 2.80. The Hall–Kier alpha value is -2.96. The van der Waals surface area contributed by atoms with Gasteiger partial charge in [0.1, 0.15) is 24.5 Å². The van der Waals surface area contributed by atoms with Gasteiger partial charge in [-0.05, 0) is 12.1 Å². The van der Waals surface area contributed by atoms with Gasteiger partial charge in [0.25, 0.3) is 0 Å². The van der Waals surface area contributed by atoms with Gasteiger partial charge >= 0.3 is 0 Å². The molecule has 1 aromatic heterocycles. The monoisotopic (exact) mass is 326 g/mol. The van der Waals surface area contributed by atoms with Crippen molar-refractivity contribution in [2.45, 2.75) is 13.0 Å². The number of ether oxygens (including phenoxy) is 3. The number of nitrogens with zero attached hydrogens (tertiary/aromatic N) is 3. The number of nitrogens with two attached hydrogens (primary N) is 1. The van der Waals surface area contributed by atoms with Crippen LogP contribution in [-0.4, -0.2) is 34.8 Å². The minimum atomic E-state index is 0.556. The Bertz CT molecular complexity index is 862. The highest BCUT2D eigenvalue weighted by Gasteiger charge is 2.15. The van der Waals surface area contributed by atoms with Crippen LogP contribution >= 0.6 is 0 Å². The Kier molecular flexibility index (Phi) is 3.82. The molecule has 0 saturated carbocycles.